The molecular formula is C13H11BrN2O2. The molecule has 0 saturated heterocycles. The van der Waals surface area contributed by atoms with Gasteiger partial charge in [-0.15, -0.1) is 0 Å². The summed E-state index contributed by atoms with van der Waals surface area (Å²) < 4.78 is 2.46. The van der Waals surface area contributed by atoms with E-state index in [4.69, 9.17) is 5.11 Å². The van der Waals surface area contributed by atoms with Crippen molar-refractivity contribution in [1.29, 1.82) is 0 Å². The Morgan fingerprint density at radius 2 is 2.17 bits per heavy atom. The molecule has 4 nitrogen and oxygen atoms in total. The Morgan fingerprint density at radius 3 is 2.83 bits per heavy atom. The van der Waals surface area contributed by atoms with Crippen LogP contribution in [0.3, 0.4) is 0 Å². The van der Waals surface area contributed by atoms with E-state index >= 15 is 0 Å². The van der Waals surface area contributed by atoms with E-state index in [1.54, 1.807) is 16.8 Å². The molecule has 1 aliphatic rings. The van der Waals surface area contributed by atoms with Gasteiger partial charge in [0.25, 0.3) is 0 Å². The van der Waals surface area contributed by atoms with Crippen molar-refractivity contribution >= 4 is 21.9 Å². The second-order valence-electron chi connectivity index (χ2n) is 4.46. The Kier molecular flexibility index (Phi) is 2.70. The van der Waals surface area contributed by atoms with Gasteiger partial charge < -0.3 is 5.11 Å². The molecule has 1 aliphatic carbocycles. The van der Waals surface area contributed by atoms with E-state index in [0.717, 1.165) is 15.9 Å². The molecule has 1 saturated carbocycles. The van der Waals surface area contributed by atoms with E-state index < -0.39 is 5.97 Å². The number of carbonyl (C=O) groups is 1. The van der Waals surface area contributed by atoms with E-state index in [1.165, 1.54) is 12.8 Å². The zero-order valence-electron chi connectivity index (χ0n) is 9.51. The highest BCUT2D eigenvalue weighted by Crippen LogP contribution is 2.39. The average molecular weight is 307 g/mol. The molecule has 0 aliphatic heterocycles. The molecule has 2 aromatic rings. The number of carboxylic acids is 1. The highest BCUT2D eigenvalue weighted by molar-refractivity contribution is 9.10. The topological polar surface area (TPSA) is 55.1 Å². The van der Waals surface area contributed by atoms with Crippen molar-refractivity contribution < 1.29 is 9.90 Å². The first-order valence-corrected chi connectivity index (χ1v) is 6.52. The molecular weight excluding hydrogens is 296 g/mol. The lowest BCUT2D eigenvalue weighted by molar-refractivity contribution is 0.0697. The second kappa shape index (κ2) is 4.24. The molecule has 0 amide bonds. The minimum absolute atomic E-state index is 0.253. The lowest BCUT2D eigenvalue weighted by Gasteiger charge is -2.04. The lowest BCUT2D eigenvalue weighted by atomic mass is 10.2. The maximum absolute atomic E-state index is 11.0. The Hall–Kier alpha value is -1.62. The summed E-state index contributed by atoms with van der Waals surface area (Å²) in [5.74, 6) is -0.343. The standard InChI is InChI=1S/C13H11BrN2O2/c14-10-5-9(13(17)18)6-11(7-10)16-4-3-12(15-16)8-1-2-8/h3-8H,1-2H2,(H,17,18). The van der Waals surface area contributed by atoms with Crippen molar-refractivity contribution in [1.82, 2.24) is 9.78 Å². The fraction of sp³-hybridized carbons (Fsp3) is 0.231. The lowest BCUT2D eigenvalue weighted by Crippen LogP contribution is -2.01. The van der Waals surface area contributed by atoms with E-state index in [2.05, 4.69) is 21.0 Å². The number of carboxylic acid groups (broad SMARTS) is 1. The zero-order valence-corrected chi connectivity index (χ0v) is 11.1. The molecule has 18 heavy (non-hydrogen) atoms. The van der Waals surface area contributed by atoms with Crippen LogP contribution in [0.4, 0.5) is 0 Å². The van der Waals surface area contributed by atoms with Crippen LogP contribution in [-0.2, 0) is 0 Å². The van der Waals surface area contributed by atoms with Crippen LogP contribution < -0.4 is 0 Å². The van der Waals surface area contributed by atoms with Gasteiger partial charge in [-0.1, -0.05) is 15.9 Å². The molecule has 5 heteroatoms. The third-order valence-corrected chi connectivity index (χ3v) is 3.46. The molecule has 1 fully saturated rings. The van der Waals surface area contributed by atoms with Crippen LogP contribution >= 0.6 is 15.9 Å². The van der Waals surface area contributed by atoms with Crippen molar-refractivity contribution in [3.63, 3.8) is 0 Å². The van der Waals surface area contributed by atoms with Gasteiger partial charge in [0.1, 0.15) is 0 Å². The predicted molar refractivity (Wildman–Crippen MR) is 70.2 cm³/mol. The third kappa shape index (κ3) is 2.18. The molecule has 0 bridgehead atoms. The SMILES string of the molecule is O=C(O)c1cc(Br)cc(-n2ccc(C3CC3)n2)c1. The Morgan fingerprint density at radius 1 is 1.39 bits per heavy atom. The van der Waals surface area contributed by atoms with Crippen molar-refractivity contribution in [3.8, 4) is 5.69 Å². The normalized spacial score (nSPS) is 14.7. The fourth-order valence-corrected chi connectivity index (χ4v) is 2.39. The van der Waals surface area contributed by atoms with Crippen LogP contribution in [0, 0.1) is 0 Å². The number of nitrogens with zero attached hydrogens (tertiary/aromatic N) is 2. The summed E-state index contributed by atoms with van der Waals surface area (Å²) in [5.41, 5.74) is 2.10. The third-order valence-electron chi connectivity index (χ3n) is 3.00. The first kappa shape index (κ1) is 11.5. The van der Waals surface area contributed by atoms with Crippen molar-refractivity contribution in [2.45, 2.75) is 18.8 Å². The van der Waals surface area contributed by atoms with Gasteiger partial charge in [0.05, 0.1) is 16.9 Å². The molecule has 1 heterocycles. The number of hydrogen-bond donors (Lipinski definition) is 1. The maximum atomic E-state index is 11.0. The monoisotopic (exact) mass is 306 g/mol. The quantitative estimate of drug-likeness (QED) is 0.947. The molecule has 0 radical (unpaired) electrons. The summed E-state index contributed by atoms with van der Waals surface area (Å²) in [6.45, 7) is 0. The van der Waals surface area contributed by atoms with Crippen LogP contribution in [-0.4, -0.2) is 20.9 Å². The fourth-order valence-electron chi connectivity index (χ4n) is 1.91. The predicted octanol–water partition coefficient (Wildman–Crippen LogP) is 3.21. The van der Waals surface area contributed by atoms with Crippen LogP contribution in [0.15, 0.2) is 34.9 Å². The number of aromatic carboxylic acids is 1. The molecule has 0 unspecified atom stereocenters. The van der Waals surface area contributed by atoms with Crippen LogP contribution in [0.25, 0.3) is 5.69 Å². The van der Waals surface area contributed by atoms with E-state index in [9.17, 15) is 4.79 Å². The van der Waals surface area contributed by atoms with Gasteiger partial charge in [0.2, 0.25) is 0 Å². The smallest absolute Gasteiger partial charge is 0.335 e. The first-order valence-electron chi connectivity index (χ1n) is 5.73. The number of benzene rings is 1. The van der Waals surface area contributed by atoms with Crippen molar-refractivity contribution in [2.75, 3.05) is 0 Å². The minimum atomic E-state index is -0.938. The molecule has 92 valence electrons. The Balaban J connectivity index is 2.01. The van der Waals surface area contributed by atoms with Crippen LogP contribution in [0.1, 0.15) is 34.8 Å². The van der Waals surface area contributed by atoms with Crippen LogP contribution in [0.5, 0.6) is 0 Å². The highest BCUT2D eigenvalue weighted by Gasteiger charge is 2.25. The van der Waals surface area contributed by atoms with Gasteiger partial charge in [-0.25, -0.2) is 9.48 Å². The second-order valence-corrected chi connectivity index (χ2v) is 5.38. The summed E-state index contributed by atoms with van der Waals surface area (Å²) in [6.07, 6.45) is 4.28. The number of aromatic nitrogens is 2. The van der Waals surface area contributed by atoms with Gasteiger partial charge in [-0.05, 0) is 37.1 Å². The Bertz CT molecular complexity index is 617. The summed E-state index contributed by atoms with van der Waals surface area (Å²) in [4.78, 5) is 11.0. The zero-order chi connectivity index (χ0) is 12.7. The molecule has 0 spiro atoms. The number of halogens is 1. The molecule has 3 rings (SSSR count). The van der Waals surface area contributed by atoms with Crippen molar-refractivity contribution in [3.05, 3.63) is 46.2 Å². The van der Waals surface area contributed by atoms with Gasteiger partial charge in [-0.2, -0.15) is 5.10 Å². The number of hydrogen-bond acceptors (Lipinski definition) is 2. The molecule has 0 atom stereocenters. The summed E-state index contributed by atoms with van der Waals surface area (Å²) in [7, 11) is 0. The van der Waals surface area contributed by atoms with E-state index in [-0.39, 0.29) is 5.56 Å². The van der Waals surface area contributed by atoms with E-state index in [1.807, 2.05) is 18.3 Å². The molecule has 1 aromatic carbocycles. The van der Waals surface area contributed by atoms with Gasteiger partial charge in [0.15, 0.2) is 0 Å². The molecule has 1 aromatic heterocycles. The largest absolute Gasteiger partial charge is 0.478 e. The molecule has 1 N–H and O–H groups in total. The van der Waals surface area contributed by atoms with Gasteiger partial charge in [-0.3, -0.25) is 0 Å². The van der Waals surface area contributed by atoms with Crippen molar-refractivity contribution in [2.24, 2.45) is 0 Å². The average Bonchev–Trinajstić information content (AvgIpc) is 3.06. The first-order chi connectivity index (χ1) is 8.63. The van der Waals surface area contributed by atoms with E-state index in [0.29, 0.717) is 5.92 Å². The van der Waals surface area contributed by atoms with Crippen LogP contribution in [0.2, 0.25) is 0 Å². The minimum Gasteiger partial charge on any atom is -0.478 e. The summed E-state index contributed by atoms with van der Waals surface area (Å²) in [6, 6.07) is 7.06. The highest BCUT2D eigenvalue weighted by atomic mass is 79.9. The van der Waals surface area contributed by atoms with Gasteiger partial charge >= 0.3 is 5.97 Å². The van der Waals surface area contributed by atoms with Gasteiger partial charge in [0, 0.05) is 16.6 Å². The maximum Gasteiger partial charge on any atom is 0.335 e. The Labute approximate surface area is 112 Å². The number of rotatable bonds is 3. The summed E-state index contributed by atoms with van der Waals surface area (Å²) in [5, 5.41) is 13.5. The summed E-state index contributed by atoms with van der Waals surface area (Å²) >= 11 is 3.32.